The molecule has 0 saturated carbocycles. The first-order valence-electron chi connectivity index (χ1n) is 5.93. The highest BCUT2D eigenvalue weighted by molar-refractivity contribution is 5.78. The number of piperidine rings is 1. The molecule has 0 unspecified atom stereocenters. The van der Waals surface area contributed by atoms with E-state index in [2.05, 4.69) is 17.1 Å². The van der Waals surface area contributed by atoms with Gasteiger partial charge < -0.3 is 20.1 Å². The third kappa shape index (κ3) is 5.65. The van der Waals surface area contributed by atoms with Crippen molar-refractivity contribution in [1.82, 2.24) is 10.2 Å². The van der Waals surface area contributed by atoms with Crippen LogP contribution in [0, 0.1) is 0 Å². The maximum Gasteiger partial charge on any atom is 0.329 e. The minimum Gasteiger partial charge on any atom is -0.480 e. The number of amides is 1. The fourth-order valence-corrected chi connectivity index (χ4v) is 1.89. The van der Waals surface area contributed by atoms with E-state index >= 15 is 0 Å². The predicted octanol–water partition coefficient (Wildman–Crippen LogP) is -0.312. The quantitative estimate of drug-likeness (QED) is 0.670. The third-order valence-corrected chi connectivity index (χ3v) is 2.86. The zero-order chi connectivity index (χ0) is 12.7. The molecule has 1 rings (SSSR count). The molecule has 1 amide bonds. The second-order valence-electron chi connectivity index (χ2n) is 4.16. The molecule has 0 bridgehead atoms. The molecule has 1 saturated heterocycles. The van der Waals surface area contributed by atoms with Gasteiger partial charge in [-0.1, -0.05) is 6.92 Å². The number of aliphatic carboxylic acids is 1. The maximum atomic E-state index is 11.4. The summed E-state index contributed by atoms with van der Waals surface area (Å²) in [6.07, 6.45) is 1.89. The van der Waals surface area contributed by atoms with Crippen molar-refractivity contribution >= 4 is 11.9 Å². The van der Waals surface area contributed by atoms with Crippen LogP contribution in [0.4, 0.5) is 0 Å². The Hall–Kier alpha value is -1.14. The van der Waals surface area contributed by atoms with Crippen LogP contribution in [0.3, 0.4) is 0 Å². The van der Waals surface area contributed by atoms with E-state index in [1.165, 1.54) is 0 Å². The molecule has 1 heterocycles. The zero-order valence-electron chi connectivity index (χ0n) is 10.1. The van der Waals surface area contributed by atoms with Crippen LogP contribution in [0.5, 0.6) is 0 Å². The molecule has 6 nitrogen and oxygen atoms in total. The van der Waals surface area contributed by atoms with Gasteiger partial charge in [-0.3, -0.25) is 4.79 Å². The molecule has 0 spiro atoms. The normalized spacial score (nSPS) is 17.9. The number of carbonyl (C=O) groups is 2. The standard InChI is InChI=1S/C11H20N2O4/c1-2-13-5-3-9(4-6-13)12-10(14)7-17-8-11(15)16/h9H,2-8H2,1H3,(H,12,14)(H,15,16). The molecular formula is C11H20N2O4. The lowest BCUT2D eigenvalue weighted by molar-refractivity contribution is -0.143. The van der Waals surface area contributed by atoms with Crippen molar-refractivity contribution in [3.05, 3.63) is 0 Å². The Morgan fingerprint density at radius 2 is 2.00 bits per heavy atom. The fourth-order valence-electron chi connectivity index (χ4n) is 1.89. The number of carboxylic acid groups (broad SMARTS) is 1. The molecule has 1 aliphatic heterocycles. The van der Waals surface area contributed by atoms with Gasteiger partial charge in [-0.15, -0.1) is 0 Å². The summed E-state index contributed by atoms with van der Waals surface area (Å²) < 4.78 is 4.72. The van der Waals surface area contributed by atoms with Gasteiger partial charge in [-0.25, -0.2) is 4.79 Å². The Balaban J connectivity index is 2.12. The summed E-state index contributed by atoms with van der Waals surface area (Å²) in [5, 5.41) is 11.2. The summed E-state index contributed by atoms with van der Waals surface area (Å²) in [6, 6.07) is 0.193. The Morgan fingerprint density at radius 3 is 2.53 bits per heavy atom. The summed E-state index contributed by atoms with van der Waals surface area (Å²) in [7, 11) is 0. The summed E-state index contributed by atoms with van der Waals surface area (Å²) in [5.41, 5.74) is 0. The van der Waals surface area contributed by atoms with E-state index in [4.69, 9.17) is 9.84 Å². The Bertz CT molecular complexity index is 262. The molecule has 0 aromatic heterocycles. The van der Waals surface area contributed by atoms with Gasteiger partial charge in [0, 0.05) is 19.1 Å². The van der Waals surface area contributed by atoms with Gasteiger partial charge in [-0.05, 0) is 19.4 Å². The monoisotopic (exact) mass is 244 g/mol. The van der Waals surface area contributed by atoms with Crippen LogP contribution < -0.4 is 5.32 Å². The number of nitrogens with one attached hydrogen (secondary N) is 1. The lowest BCUT2D eigenvalue weighted by atomic mass is 10.1. The highest BCUT2D eigenvalue weighted by atomic mass is 16.5. The van der Waals surface area contributed by atoms with Gasteiger partial charge in [0.25, 0.3) is 0 Å². The van der Waals surface area contributed by atoms with Crippen LogP contribution in [0.25, 0.3) is 0 Å². The van der Waals surface area contributed by atoms with E-state index in [-0.39, 0.29) is 18.6 Å². The number of nitrogens with zero attached hydrogens (tertiary/aromatic N) is 1. The number of carboxylic acids is 1. The van der Waals surface area contributed by atoms with Gasteiger partial charge >= 0.3 is 5.97 Å². The summed E-state index contributed by atoms with van der Waals surface area (Å²) in [6.45, 7) is 4.55. The first-order chi connectivity index (χ1) is 8.11. The largest absolute Gasteiger partial charge is 0.480 e. The SMILES string of the molecule is CCN1CCC(NC(=O)COCC(=O)O)CC1. The number of rotatable bonds is 6. The van der Waals surface area contributed by atoms with Crippen molar-refractivity contribution < 1.29 is 19.4 Å². The van der Waals surface area contributed by atoms with E-state index < -0.39 is 12.6 Å². The smallest absolute Gasteiger partial charge is 0.329 e. The Kier molecular flexibility index (Phi) is 5.93. The average Bonchev–Trinajstić information content (AvgIpc) is 2.29. The van der Waals surface area contributed by atoms with Crippen molar-refractivity contribution in [1.29, 1.82) is 0 Å². The molecule has 2 N–H and O–H groups in total. The molecule has 6 heteroatoms. The van der Waals surface area contributed by atoms with Crippen LogP contribution >= 0.6 is 0 Å². The number of likely N-dealkylation sites (tertiary alicyclic amines) is 1. The van der Waals surface area contributed by atoms with Crippen LogP contribution in [0.15, 0.2) is 0 Å². The molecule has 17 heavy (non-hydrogen) atoms. The molecule has 0 atom stereocenters. The second-order valence-corrected chi connectivity index (χ2v) is 4.16. The van der Waals surface area contributed by atoms with Gasteiger partial charge in [0.2, 0.25) is 5.91 Å². The van der Waals surface area contributed by atoms with Gasteiger partial charge in [0.1, 0.15) is 13.2 Å². The van der Waals surface area contributed by atoms with Crippen LogP contribution in [0.1, 0.15) is 19.8 Å². The van der Waals surface area contributed by atoms with Crippen molar-refractivity contribution in [3.63, 3.8) is 0 Å². The summed E-state index contributed by atoms with van der Waals surface area (Å²) >= 11 is 0. The van der Waals surface area contributed by atoms with Gasteiger partial charge in [0.15, 0.2) is 0 Å². The third-order valence-electron chi connectivity index (χ3n) is 2.86. The highest BCUT2D eigenvalue weighted by Gasteiger charge is 2.19. The van der Waals surface area contributed by atoms with Gasteiger partial charge in [-0.2, -0.15) is 0 Å². The number of carbonyl (C=O) groups excluding carboxylic acids is 1. The van der Waals surface area contributed by atoms with Crippen molar-refractivity contribution in [2.45, 2.75) is 25.8 Å². The average molecular weight is 244 g/mol. The zero-order valence-corrected chi connectivity index (χ0v) is 10.1. The maximum absolute atomic E-state index is 11.4. The molecule has 0 aromatic rings. The van der Waals surface area contributed by atoms with Crippen LogP contribution in [-0.2, 0) is 14.3 Å². The number of ether oxygens (including phenoxy) is 1. The van der Waals surface area contributed by atoms with Crippen molar-refractivity contribution in [3.8, 4) is 0 Å². The minimum atomic E-state index is -1.06. The molecule has 0 radical (unpaired) electrons. The lowest BCUT2D eigenvalue weighted by Gasteiger charge is -2.31. The first-order valence-corrected chi connectivity index (χ1v) is 5.93. The van der Waals surface area contributed by atoms with E-state index in [9.17, 15) is 9.59 Å². The summed E-state index contributed by atoms with van der Waals surface area (Å²) in [4.78, 5) is 23.9. The molecule has 0 aliphatic carbocycles. The number of hydrogen-bond donors (Lipinski definition) is 2. The first kappa shape index (κ1) is 13.9. The van der Waals surface area contributed by atoms with Gasteiger partial charge in [0.05, 0.1) is 0 Å². The van der Waals surface area contributed by atoms with Crippen LogP contribution in [0.2, 0.25) is 0 Å². The molecule has 1 aliphatic rings. The van der Waals surface area contributed by atoms with Crippen molar-refractivity contribution in [2.75, 3.05) is 32.8 Å². The topological polar surface area (TPSA) is 78.9 Å². The Labute approximate surface area is 101 Å². The molecule has 0 aromatic carbocycles. The van der Waals surface area contributed by atoms with Crippen molar-refractivity contribution in [2.24, 2.45) is 0 Å². The Morgan fingerprint density at radius 1 is 1.35 bits per heavy atom. The number of hydrogen-bond acceptors (Lipinski definition) is 4. The molecule has 98 valence electrons. The second kappa shape index (κ2) is 7.24. The molecule has 1 fully saturated rings. The van der Waals surface area contributed by atoms with Crippen LogP contribution in [-0.4, -0.2) is 60.8 Å². The molecular weight excluding hydrogens is 224 g/mol. The fraction of sp³-hybridized carbons (Fsp3) is 0.818. The van der Waals surface area contributed by atoms with E-state index in [1.807, 2.05) is 0 Å². The lowest BCUT2D eigenvalue weighted by Crippen LogP contribution is -2.45. The van der Waals surface area contributed by atoms with E-state index in [0.29, 0.717) is 0 Å². The predicted molar refractivity (Wildman–Crippen MR) is 61.7 cm³/mol. The van der Waals surface area contributed by atoms with E-state index in [1.54, 1.807) is 0 Å². The summed E-state index contributed by atoms with van der Waals surface area (Å²) in [5.74, 6) is -1.30. The minimum absolute atomic E-state index is 0.180. The van der Waals surface area contributed by atoms with E-state index in [0.717, 1.165) is 32.5 Å². The highest BCUT2D eigenvalue weighted by Crippen LogP contribution is 2.09.